The van der Waals surface area contributed by atoms with E-state index in [-0.39, 0.29) is 11.8 Å². The molecule has 3 aromatic rings. The predicted octanol–water partition coefficient (Wildman–Crippen LogP) is 3.30. The van der Waals surface area contributed by atoms with Crippen LogP contribution in [0.15, 0.2) is 30.3 Å². The lowest BCUT2D eigenvalue weighted by molar-refractivity contribution is 0.951. The molecular formula is C21H23N7. The van der Waals surface area contributed by atoms with E-state index in [0.717, 1.165) is 22.6 Å². The van der Waals surface area contributed by atoms with Gasteiger partial charge in [0.15, 0.2) is 5.82 Å². The van der Waals surface area contributed by atoms with Gasteiger partial charge in [-0.3, -0.25) is 0 Å². The summed E-state index contributed by atoms with van der Waals surface area (Å²) in [5.74, 6) is 0.757. The molecule has 0 saturated heterocycles. The molecule has 3 rings (SSSR count). The first-order chi connectivity index (χ1) is 13.3. The average molecular weight is 373 g/mol. The number of benzene rings is 1. The second kappa shape index (κ2) is 7.53. The lowest BCUT2D eigenvalue weighted by Crippen LogP contribution is -2.15. The Morgan fingerprint density at radius 2 is 1.79 bits per heavy atom. The highest BCUT2D eigenvalue weighted by molar-refractivity contribution is 5.88. The van der Waals surface area contributed by atoms with Gasteiger partial charge in [-0.2, -0.15) is 20.2 Å². The molecule has 0 unspecified atom stereocenters. The normalized spacial score (nSPS) is 11.4. The van der Waals surface area contributed by atoms with E-state index in [0.29, 0.717) is 11.5 Å². The molecule has 0 amide bonds. The van der Waals surface area contributed by atoms with Gasteiger partial charge in [0.25, 0.3) is 0 Å². The quantitative estimate of drug-likeness (QED) is 0.705. The highest BCUT2D eigenvalue weighted by Crippen LogP contribution is 2.25. The predicted molar refractivity (Wildman–Crippen MR) is 112 cm³/mol. The monoisotopic (exact) mass is 373 g/mol. The van der Waals surface area contributed by atoms with Crippen LogP contribution in [-0.4, -0.2) is 33.6 Å². The average Bonchev–Trinajstić information content (AvgIpc) is 2.93. The summed E-state index contributed by atoms with van der Waals surface area (Å²) in [4.78, 5) is 14.3. The van der Waals surface area contributed by atoms with Crippen LogP contribution >= 0.6 is 0 Å². The maximum atomic E-state index is 9.70. The van der Waals surface area contributed by atoms with Crippen molar-refractivity contribution in [1.29, 1.82) is 5.26 Å². The molecule has 0 aliphatic carbocycles. The molecule has 0 bridgehead atoms. The Balaban J connectivity index is 2.09. The molecule has 28 heavy (non-hydrogen) atoms. The third-order valence-corrected chi connectivity index (χ3v) is 4.46. The standard InChI is InChI=1S/C21H23N7/c1-13-6-8-18(9-7-13)28-14(2)10-16(15(28)3)11-17(12-22)19-24-20(23)26-21(25-19)27(4)5/h6-11H,1-5H3,(H2,23,24,25,26)/b17-11+. The Labute approximate surface area is 164 Å². The van der Waals surface area contributed by atoms with Crippen LogP contribution in [0, 0.1) is 32.1 Å². The molecule has 0 radical (unpaired) electrons. The summed E-state index contributed by atoms with van der Waals surface area (Å²) in [5.41, 5.74) is 11.5. The zero-order valence-corrected chi connectivity index (χ0v) is 16.7. The minimum Gasteiger partial charge on any atom is -0.368 e. The maximum absolute atomic E-state index is 9.70. The fourth-order valence-corrected chi connectivity index (χ4v) is 3.03. The molecule has 142 valence electrons. The van der Waals surface area contributed by atoms with Gasteiger partial charge in [0.05, 0.1) is 5.57 Å². The van der Waals surface area contributed by atoms with Crippen molar-refractivity contribution in [2.75, 3.05) is 24.7 Å². The van der Waals surface area contributed by atoms with E-state index in [1.54, 1.807) is 11.0 Å². The fourth-order valence-electron chi connectivity index (χ4n) is 3.03. The van der Waals surface area contributed by atoms with Crippen molar-refractivity contribution < 1.29 is 0 Å². The van der Waals surface area contributed by atoms with Gasteiger partial charge in [-0.05, 0) is 50.6 Å². The lowest BCUT2D eigenvalue weighted by atomic mass is 10.1. The Morgan fingerprint density at radius 1 is 1.11 bits per heavy atom. The van der Waals surface area contributed by atoms with E-state index >= 15 is 0 Å². The third kappa shape index (κ3) is 3.71. The molecule has 2 heterocycles. The maximum Gasteiger partial charge on any atom is 0.230 e. The third-order valence-electron chi connectivity index (χ3n) is 4.46. The summed E-state index contributed by atoms with van der Waals surface area (Å²) in [6.45, 7) is 6.14. The molecular weight excluding hydrogens is 350 g/mol. The van der Waals surface area contributed by atoms with Crippen LogP contribution in [0.2, 0.25) is 0 Å². The number of hydrogen-bond donors (Lipinski definition) is 1. The molecule has 7 nitrogen and oxygen atoms in total. The lowest BCUT2D eigenvalue weighted by Gasteiger charge is -2.11. The Bertz CT molecular complexity index is 1080. The van der Waals surface area contributed by atoms with E-state index in [4.69, 9.17) is 5.73 Å². The summed E-state index contributed by atoms with van der Waals surface area (Å²) in [6.07, 6.45) is 1.79. The van der Waals surface area contributed by atoms with Crippen LogP contribution in [-0.2, 0) is 0 Å². The number of nitriles is 1. The van der Waals surface area contributed by atoms with Crippen LogP contribution in [0.4, 0.5) is 11.9 Å². The number of nitrogens with two attached hydrogens (primary N) is 1. The summed E-state index contributed by atoms with van der Waals surface area (Å²) < 4.78 is 2.16. The van der Waals surface area contributed by atoms with E-state index in [1.165, 1.54) is 5.56 Å². The molecule has 1 aromatic carbocycles. The SMILES string of the molecule is Cc1ccc(-n2c(C)cc(/C=C(\C#N)c3nc(N)nc(N(C)C)n3)c2C)cc1. The van der Waals surface area contributed by atoms with Crippen LogP contribution in [0.5, 0.6) is 0 Å². The molecule has 7 heteroatoms. The molecule has 0 saturated carbocycles. The van der Waals surface area contributed by atoms with Crippen molar-refractivity contribution in [2.24, 2.45) is 0 Å². The van der Waals surface area contributed by atoms with Gasteiger partial charge in [0.1, 0.15) is 6.07 Å². The number of hydrogen-bond acceptors (Lipinski definition) is 6. The number of rotatable bonds is 4. The zero-order chi connectivity index (χ0) is 20.4. The van der Waals surface area contributed by atoms with Gasteiger partial charge in [0.2, 0.25) is 11.9 Å². The molecule has 0 atom stereocenters. The van der Waals surface area contributed by atoms with Gasteiger partial charge >= 0.3 is 0 Å². The molecule has 0 spiro atoms. The van der Waals surface area contributed by atoms with E-state index < -0.39 is 0 Å². The van der Waals surface area contributed by atoms with Gasteiger partial charge < -0.3 is 15.2 Å². The Hall–Kier alpha value is -3.66. The van der Waals surface area contributed by atoms with Gasteiger partial charge in [-0.1, -0.05) is 17.7 Å². The van der Waals surface area contributed by atoms with E-state index in [2.05, 4.69) is 56.8 Å². The van der Waals surface area contributed by atoms with Crippen molar-refractivity contribution in [1.82, 2.24) is 19.5 Å². The Morgan fingerprint density at radius 3 is 2.39 bits per heavy atom. The van der Waals surface area contributed by atoms with Crippen LogP contribution in [0.1, 0.15) is 28.3 Å². The zero-order valence-electron chi connectivity index (χ0n) is 16.7. The molecule has 0 fully saturated rings. The van der Waals surface area contributed by atoms with Crippen LogP contribution in [0.25, 0.3) is 17.3 Å². The first kappa shape index (κ1) is 19.1. The van der Waals surface area contributed by atoms with Crippen molar-refractivity contribution in [2.45, 2.75) is 20.8 Å². The molecule has 2 aromatic heterocycles. The van der Waals surface area contributed by atoms with Gasteiger partial charge in [-0.15, -0.1) is 0 Å². The minimum atomic E-state index is 0.0833. The molecule has 2 N–H and O–H groups in total. The number of allylic oxidation sites excluding steroid dienone is 1. The number of nitrogens with zero attached hydrogens (tertiary/aromatic N) is 6. The van der Waals surface area contributed by atoms with Crippen molar-refractivity contribution in [3.63, 3.8) is 0 Å². The number of aromatic nitrogens is 4. The summed E-state index contributed by atoms with van der Waals surface area (Å²) in [6, 6.07) is 12.6. The van der Waals surface area contributed by atoms with Crippen LogP contribution < -0.4 is 10.6 Å². The molecule has 0 aliphatic rings. The van der Waals surface area contributed by atoms with Crippen molar-refractivity contribution >= 4 is 23.5 Å². The number of nitrogen functional groups attached to an aromatic ring is 1. The molecule has 0 aliphatic heterocycles. The topological polar surface area (TPSA) is 96.6 Å². The second-order valence-corrected chi connectivity index (χ2v) is 6.88. The summed E-state index contributed by atoms with van der Waals surface area (Å²) >= 11 is 0. The minimum absolute atomic E-state index is 0.0833. The first-order valence-corrected chi connectivity index (χ1v) is 8.87. The largest absolute Gasteiger partial charge is 0.368 e. The van der Waals surface area contributed by atoms with E-state index in [1.807, 2.05) is 34.0 Å². The first-order valence-electron chi connectivity index (χ1n) is 8.87. The summed E-state index contributed by atoms with van der Waals surface area (Å²) in [7, 11) is 3.62. The smallest absolute Gasteiger partial charge is 0.230 e. The van der Waals surface area contributed by atoms with Crippen LogP contribution in [0.3, 0.4) is 0 Å². The second-order valence-electron chi connectivity index (χ2n) is 6.88. The van der Waals surface area contributed by atoms with E-state index in [9.17, 15) is 5.26 Å². The Kier molecular flexibility index (Phi) is 5.14. The highest BCUT2D eigenvalue weighted by Gasteiger charge is 2.14. The van der Waals surface area contributed by atoms with Gasteiger partial charge in [-0.25, -0.2) is 0 Å². The van der Waals surface area contributed by atoms with Crippen molar-refractivity contribution in [3.8, 4) is 11.8 Å². The fraction of sp³-hybridized carbons (Fsp3) is 0.238. The summed E-state index contributed by atoms with van der Waals surface area (Å²) in [5, 5.41) is 9.70. The highest BCUT2D eigenvalue weighted by atomic mass is 15.3. The van der Waals surface area contributed by atoms with Crippen molar-refractivity contribution in [3.05, 3.63) is 58.7 Å². The number of aryl methyl sites for hydroxylation is 2. The number of anilines is 2. The van der Waals surface area contributed by atoms with Gasteiger partial charge in [0, 0.05) is 31.2 Å².